The van der Waals surface area contributed by atoms with Crippen molar-refractivity contribution >= 4 is 35.0 Å². The molecule has 1 N–H and O–H groups in total. The topological polar surface area (TPSA) is 59.8 Å². The fraction of sp³-hybridized carbons (Fsp3) is 0.0870. The summed E-state index contributed by atoms with van der Waals surface area (Å²) >= 11 is 7.41. The van der Waals surface area contributed by atoms with Gasteiger partial charge in [-0.2, -0.15) is 0 Å². The highest BCUT2D eigenvalue weighted by Gasteiger charge is 2.18. The van der Waals surface area contributed by atoms with Gasteiger partial charge >= 0.3 is 0 Å². The second kappa shape index (κ2) is 7.97. The molecule has 7 heteroatoms. The number of hydrogen-bond acceptors (Lipinski definition) is 4. The summed E-state index contributed by atoms with van der Waals surface area (Å²) in [7, 11) is 0. The van der Waals surface area contributed by atoms with Gasteiger partial charge in [0.1, 0.15) is 6.33 Å². The van der Waals surface area contributed by atoms with Gasteiger partial charge in [-0.05, 0) is 59.0 Å². The van der Waals surface area contributed by atoms with Crippen LogP contribution in [-0.4, -0.2) is 26.4 Å². The number of hydrogen-bond donors (Lipinski definition) is 1. The molecule has 1 amide bonds. The van der Waals surface area contributed by atoms with E-state index in [2.05, 4.69) is 51.9 Å². The molecule has 148 valence electrons. The summed E-state index contributed by atoms with van der Waals surface area (Å²) < 4.78 is 1.82. The molecule has 5 rings (SSSR count). The van der Waals surface area contributed by atoms with Gasteiger partial charge in [0.05, 0.1) is 11.4 Å². The standard InChI is InChI=1S/C23H17ClN4OS/c24-17-5-3-6-19(12-17)28-14-25-27-23(28)30-13-22(29)26-18-8-9-21-16(11-18)10-15-4-1-2-7-20(15)21/h1-9,11-12,14H,10,13H2,(H,26,29). The van der Waals surface area contributed by atoms with Crippen molar-refractivity contribution in [1.29, 1.82) is 0 Å². The van der Waals surface area contributed by atoms with E-state index in [0.717, 1.165) is 17.8 Å². The largest absolute Gasteiger partial charge is 0.325 e. The Kier molecular flexibility index (Phi) is 5.02. The van der Waals surface area contributed by atoms with E-state index in [4.69, 9.17) is 11.6 Å². The molecule has 1 aromatic heterocycles. The molecule has 0 spiro atoms. The van der Waals surface area contributed by atoms with Crippen LogP contribution in [-0.2, 0) is 11.2 Å². The molecule has 0 unspecified atom stereocenters. The van der Waals surface area contributed by atoms with Gasteiger partial charge in [-0.3, -0.25) is 9.36 Å². The number of aromatic nitrogens is 3. The van der Waals surface area contributed by atoms with Gasteiger partial charge in [0, 0.05) is 10.7 Å². The van der Waals surface area contributed by atoms with Crippen molar-refractivity contribution in [1.82, 2.24) is 14.8 Å². The predicted molar refractivity (Wildman–Crippen MR) is 120 cm³/mol. The Morgan fingerprint density at radius 2 is 1.90 bits per heavy atom. The van der Waals surface area contributed by atoms with Crippen LogP contribution in [0.2, 0.25) is 5.02 Å². The fourth-order valence-corrected chi connectivity index (χ4v) is 4.59. The molecule has 1 heterocycles. The summed E-state index contributed by atoms with van der Waals surface area (Å²) in [4.78, 5) is 12.5. The molecule has 0 bridgehead atoms. The van der Waals surface area contributed by atoms with Crippen molar-refractivity contribution in [3.8, 4) is 16.8 Å². The number of benzene rings is 3. The zero-order valence-corrected chi connectivity index (χ0v) is 17.5. The zero-order chi connectivity index (χ0) is 20.5. The molecule has 1 aliphatic carbocycles. The lowest BCUT2D eigenvalue weighted by Crippen LogP contribution is -2.14. The first-order valence-corrected chi connectivity index (χ1v) is 10.8. The lowest BCUT2D eigenvalue weighted by molar-refractivity contribution is -0.113. The molecule has 0 radical (unpaired) electrons. The summed E-state index contributed by atoms with van der Waals surface area (Å²) in [6.07, 6.45) is 2.51. The van der Waals surface area contributed by atoms with Crippen molar-refractivity contribution in [2.24, 2.45) is 0 Å². The monoisotopic (exact) mass is 432 g/mol. The van der Waals surface area contributed by atoms with E-state index in [1.807, 2.05) is 34.9 Å². The van der Waals surface area contributed by atoms with Gasteiger partial charge in [-0.1, -0.05) is 59.8 Å². The average Bonchev–Trinajstić information content (AvgIpc) is 3.36. The van der Waals surface area contributed by atoms with Crippen LogP contribution in [0.5, 0.6) is 0 Å². The third-order valence-electron chi connectivity index (χ3n) is 5.01. The van der Waals surface area contributed by atoms with E-state index in [1.165, 1.54) is 34.0 Å². The Balaban J connectivity index is 1.25. The maximum Gasteiger partial charge on any atom is 0.234 e. The summed E-state index contributed by atoms with van der Waals surface area (Å²) in [5, 5.41) is 12.4. The number of nitrogens with one attached hydrogen (secondary N) is 1. The van der Waals surface area contributed by atoms with Crippen molar-refractivity contribution in [2.45, 2.75) is 11.6 Å². The minimum absolute atomic E-state index is 0.0869. The number of carbonyl (C=O) groups excluding carboxylic acids is 1. The van der Waals surface area contributed by atoms with E-state index in [-0.39, 0.29) is 11.7 Å². The highest BCUT2D eigenvalue weighted by atomic mass is 35.5. The molecule has 1 aliphatic rings. The maximum atomic E-state index is 12.5. The fourth-order valence-electron chi connectivity index (χ4n) is 3.68. The molecule has 5 nitrogen and oxygen atoms in total. The van der Waals surface area contributed by atoms with Crippen LogP contribution in [0.25, 0.3) is 16.8 Å². The minimum atomic E-state index is -0.0869. The third kappa shape index (κ3) is 3.72. The van der Waals surface area contributed by atoms with Crippen LogP contribution in [0.3, 0.4) is 0 Å². The number of anilines is 1. The molecule has 0 fully saturated rings. The van der Waals surface area contributed by atoms with E-state index >= 15 is 0 Å². The van der Waals surface area contributed by atoms with Gasteiger partial charge in [-0.25, -0.2) is 0 Å². The third-order valence-corrected chi connectivity index (χ3v) is 6.19. The lowest BCUT2D eigenvalue weighted by Gasteiger charge is -2.09. The van der Waals surface area contributed by atoms with Gasteiger partial charge in [0.2, 0.25) is 5.91 Å². The molecule has 0 atom stereocenters. The number of carbonyl (C=O) groups is 1. The Bertz CT molecular complexity index is 1250. The smallest absolute Gasteiger partial charge is 0.234 e. The molecule has 0 saturated carbocycles. The second-order valence-electron chi connectivity index (χ2n) is 7.01. The van der Waals surface area contributed by atoms with Crippen LogP contribution in [0.15, 0.2) is 78.2 Å². The molecule has 0 saturated heterocycles. The molecular weight excluding hydrogens is 416 g/mol. The molecule has 4 aromatic rings. The van der Waals surface area contributed by atoms with Crippen molar-refractivity contribution in [3.05, 3.63) is 89.2 Å². The van der Waals surface area contributed by atoms with Crippen LogP contribution in [0.4, 0.5) is 5.69 Å². The highest BCUT2D eigenvalue weighted by Crippen LogP contribution is 2.37. The van der Waals surface area contributed by atoms with E-state index in [1.54, 1.807) is 6.33 Å². The highest BCUT2D eigenvalue weighted by molar-refractivity contribution is 7.99. The van der Waals surface area contributed by atoms with Gasteiger partial charge < -0.3 is 5.32 Å². The average molecular weight is 433 g/mol. The van der Waals surface area contributed by atoms with Crippen molar-refractivity contribution in [2.75, 3.05) is 11.1 Å². The quantitative estimate of drug-likeness (QED) is 0.387. The number of fused-ring (bicyclic) bond motifs is 3. The van der Waals surface area contributed by atoms with Crippen LogP contribution >= 0.6 is 23.4 Å². The van der Waals surface area contributed by atoms with Crippen LogP contribution in [0.1, 0.15) is 11.1 Å². The van der Waals surface area contributed by atoms with Crippen molar-refractivity contribution < 1.29 is 4.79 Å². The first-order valence-electron chi connectivity index (χ1n) is 9.47. The molecule has 30 heavy (non-hydrogen) atoms. The molecule has 0 aliphatic heterocycles. The van der Waals surface area contributed by atoms with Crippen LogP contribution in [0, 0.1) is 0 Å². The summed E-state index contributed by atoms with van der Waals surface area (Å²) in [6.45, 7) is 0. The number of amides is 1. The first kappa shape index (κ1) is 18.9. The number of thioether (sulfide) groups is 1. The van der Waals surface area contributed by atoms with E-state index < -0.39 is 0 Å². The minimum Gasteiger partial charge on any atom is -0.325 e. The first-order chi connectivity index (χ1) is 14.7. The van der Waals surface area contributed by atoms with E-state index in [0.29, 0.717) is 10.2 Å². The Morgan fingerprint density at radius 3 is 2.80 bits per heavy atom. The summed E-state index contributed by atoms with van der Waals surface area (Å²) in [5.41, 5.74) is 6.75. The van der Waals surface area contributed by atoms with Gasteiger partial charge in [-0.15, -0.1) is 10.2 Å². The number of halogens is 1. The van der Waals surface area contributed by atoms with Gasteiger partial charge in [0.25, 0.3) is 0 Å². The zero-order valence-electron chi connectivity index (χ0n) is 15.9. The van der Waals surface area contributed by atoms with E-state index in [9.17, 15) is 4.79 Å². The number of rotatable bonds is 5. The Labute approximate surface area is 183 Å². The Morgan fingerprint density at radius 1 is 1.03 bits per heavy atom. The van der Waals surface area contributed by atoms with Crippen LogP contribution < -0.4 is 5.32 Å². The maximum absolute atomic E-state index is 12.5. The lowest BCUT2D eigenvalue weighted by atomic mass is 10.1. The number of nitrogens with zero attached hydrogens (tertiary/aromatic N) is 3. The normalized spacial score (nSPS) is 11.8. The summed E-state index contributed by atoms with van der Waals surface area (Å²) in [6, 6.07) is 21.9. The molecule has 3 aromatic carbocycles. The predicted octanol–water partition coefficient (Wildman–Crippen LogP) is 5.22. The Hall–Kier alpha value is -3.09. The SMILES string of the molecule is O=C(CSc1nncn1-c1cccc(Cl)c1)Nc1ccc2c(c1)Cc1ccccc1-2. The summed E-state index contributed by atoms with van der Waals surface area (Å²) in [5.74, 6) is 0.146. The second-order valence-corrected chi connectivity index (χ2v) is 8.39. The van der Waals surface area contributed by atoms with Crippen molar-refractivity contribution in [3.63, 3.8) is 0 Å². The molecular formula is C23H17ClN4OS. The van der Waals surface area contributed by atoms with Gasteiger partial charge in [0.15, 0.2) is 5.16 Å².